The lowest BCUT2D eigenvalue weighted by Crippen LogP contribution is -2.05. The number of hydrogen-bond donors (Lipinski definition) is 1. The van der Waals surface area contributed by atoms with Crippen molar-refractivity contribution in [3.05, 3.63) is 0 Å². The van der Waals surface area contributed by atoms with E-state index in [1.165, 1.54) is 180 Å². The zero-order chi connectivity index (χ0) is 27.9. The monoisotopic (exact) mass is 537 g/mol. The van der Waals surface area contributed by atoms with Crippen molar-refractivity contribution in [3.8, 4) is 0 Å². The van der Waals surface area contributed by atoms with Gasteiger partial charge in [-0.1, -0.05) is 207 Å². The molecule has 0 fully saturated rings. The van der Waals surface area contributed by atoms with Crippen LogP contribution in [-0.4, -0.2) is 11.2 Å². The number of unbranched alkanes of at least 4 members (excludes halogenated alkanes) is 24. The van der Waals surface area contributed by atoms with Crippen LogP contribution in [-0.2, 0) is 0 Å². The van der Waals surface area contributed by atoms with E-state index in [0.717, 1.165) is 24.7 Å². The third kappa shape index (κ3) is 34.0. The Balaban J connectivity index is 3.15. The minimum atomic E-state index is -0.0363. The van der Waals surface area contributed by atoms with Gasteiger partial charge < -0.3 is 5.11 Å². The van der Waals surface area contributed by atoms with E-state index in [-0.39, 0.29) is 6.10 Å². The first-order valence-electron chi connectivity index (χ1n) is 18.2. The molecule has 1 unspecified atom stereocenters. The molecule has 1 nitrogen and oxygen atoms in total. The van der Waals surface area contributed by atoms with Crippen molar-refractivity contribution in [1.29, 1.82) is 0 Å². The van der Waals surface area contributed by atoms with E-state index in [2.05, 4.69) is 27.7 Å². The first kappa shape index (κ1) is 38.0. The number of aliphatic hydroxyl groups is 1. The lowest BCUT2D eigenvalue weighted by molar-refractivity contribution is 0.147. The molecule has 0 aromatic rings. The average molecular weight is 537 g/mol. The molecule has 0 bridgehead atoms. The normalized spacial score (nSPS) is 12.7. The molecule has 1 atom stereocenters. The third-order valence-corrected chi connectivity index (χ3v) is 8.64. The van der Waals surface area contributed by atoms with Gasteiger partial charge in [-0.2, -0.15) is 0 Å². The van der Waals surface area contributed by atoms with Crippen LogP contribution in [0.3, 0.4) is 0 Å². The molecule has 0 heterocycles. The molecule has 0 radical (unpaired) electrons. The number of rotatable bonds is 32. The van der Waals surface area contributed by atoms with Gasteiger partial charge in [0.25, 0.3) is 0 Å². The molecular formula is C37H76O. The Morgan fingerprint density at radius 3 is 0.605 bits per heavy atom. The highest BCUT2D eigenvalue weighted by Gasteiger charge is 2.04. The molecule has 38 heavy (non-hydrogen) atoms. The van der Waals surface area contributed by atoms with E-state index in [9.17, 15) is 5.11 Å². The van der Waals surface area contributed by atoms with Crippen LogP contribution in [0.1, 0.15) is 220 Å². The van der Waals surface area contributed by atoms with Crippen LogP contribution >= 0.6 is 0 Å². The standard InChI is InChI=1S/C37H76O/c1-35(2)31-27-23-19-15-11-7-5-6-8-13-17-21-25-29-33-37(38)34-30-26-22-18-14-10-9-12-16-20-24-28-32-36(3)4/h35-38H,5-34H2,1-4H3. The van der Waals surface area contributed by atoms with Crippen molar-refractivity contribution in [2.45, 2.75) is 226 Å². The lowest BCUT2D eigenvalue weighted by atomic mass is 10.0. The fourth-order valence-corrected chi connectivity index (χ4v) is 5.90. The number of hydrogen-bond acceptors (Lipinski definition) is 1. The van der Waals surface area contributed by atoms with E-state index in [1.54, 1.807) is 0 Å². The molecule has 0 aliphatic carbocycles. The van der Waals surface area contributed by atoms with Gasteiger partial charge in [-0.05, 0) is 24.7 Å². The molecule has 0 aromatic heterocycles. The smallest absolute Gasteiger partial charge is 0.0540 e. The van der Waals surface area contributed by atoms with Gasteiger partial charge >= 0.3 is 0 Å². The highest BCUT2D eigenvalue weighted by atomic mass is 16.3. The quantitative estimate of drug-likeness (QED) is 0.0847. The zero-order valence-corrected chi connectivity index (χ0v) is 27.4. The maximum atomic E-state index is 10.3. The summed E-state index contributed by atoms with van der Waals surface area (Å²) in [6.07, 6.45) is 41.6. The average Bonchev–Trinajstić information content (AvgIpc) is 2.88. The molecule has 1 N–H and O–H groups in total. The summed E-state index contributed by atoms with van der Waals surface area (Å²) in [7, 11) is 0. The minimum absolute atomic E-state index is 0.0363. The first-order chi connectivity index (χ1) is 18.5. The molecule has 0 saturated carbocycles. The van der Waals surface area contributed by atoms with E-state index >= 15 is 0 Å². The molecule has 0 aliphatic rings. The zero-order valence-electron chi connectivity index (χ0n) is 27.4. The van der Waals surface area contributed by atoms with Gasteiger partial charge in [-0.15, -0.1) is 0 Å². The molecule has 0 aliphatic heterocycles. The Morgan fingerprint density at radius 2 is 0.421 bits per heavy atom. The summed E-state index contributed by atoms with van der Waals surface area (Å²) in [6.45, 7) is 9.36. The van der Waals surface area contributed by atoms with E-state index < -0.39 is 0 Å². The Morgan fingerprint density at radius 1 is 0.263 bits per heavy atom. The SMILES string of the molecule is CC(C)CCCCCCCCCCCCCCCCC(O)CCCCCCCCCCCCCCC(C)C. The van der Waals surface area contributed by atoms with E-state index in [1.807, 2.05) is 0 Å². The Kier molecular flexibility index (Phi) is 31.5. The van der Waals surface area contributed by atoms with Crippen molar-refractivity contribution < 1.29 is 5.11 Å². The van der Waals surface area contributed by atoms with Crippen LogP contribution in [0.4, 0.5) is 0 Å². The fourth-order valence-electron chi connectivity index (χ4n) is 5.90. The van der Waals surface area contributed by atoms with Crippen molar-refractivity contribution in [2.75, 3.05) is 0 Å². The topological polar surface area (TPSA) is 20.2 Å². The van der Waals surface area contributed by atoms with Crippen LogP contribution in [0.15, 0.2) is 0 Å². The van der Waals surface area contributed by atoms with Crippen molar-refractivity contribution >= 4 is 0 Å². The van der Waals surface area contributed by atoms with Crippen molar-refractivity contribution in [3.63, 3.8) is 0 Å². The Bertz CT molecular complexity index is 415. The molecule has 0 saturated heterocycles. The first-order valence-corrected chi connectivity index (χ1v) is 18.2. The van der Waals surface area contributed by atoms with Gasteiger partial charge in [0.1, 0.15) is 0 Å². The molecule has 0 rings (SSSR count). The second-order valence-corrected chi connectivity index (χ2v) is 13.8. The van der Waals surface area contributed by atoms with Gasteiger partial charge in [-0.3, -0.25) is 0 Å². The van der Waals surface area contributed by atoms with E-state index in [0.29, 0.717) is 0 Å². The van der Waals surface area contributed by atoms with Gasteiger partial charge in [0, 0.05) is 0 Å². The van der Waals surface area contributed by atoms with Gasteiger partial charge in [0.2, 0.25) is 0 Å². The maximum Gasteiger partial charge on any atom is 0.0540 e. The largest absolute Gasteiger partial charge is 0.393 e. The second kappa shape index (κ2) is 31.5. The van der Waals surface area contributed by atoms with Gasteiger partial charge in [0.15, 0.2) is 0 Å². The van der Waals surface area contributed by atoms with Gasteiger partial charge in [-0.25, -0.2) is 0 Å². The van der Waals surface area contributed by atoms with Crippen LogP contribution in [0.25, 0.3) is 0 Å². The maximum absolute atomic E-state index is 10.3. The predicted octanol–water partition coefficient (Wildman–Crippen LogP) is 13.4. The molecular weight excluding hydrogens is 460 g/mol. The molecule has 0 amide bonds. The fraction of sp³-hybridized carbons (Fsp3) is 1.00. The highest BCUT2D eigenvalue weighted by Crippen LogP contribution is 2.17. The summed E-state index contributed by atoms with van der Waals surface area (Å²) in [6, 6.07) is 0. The molecule has 230 valence electrons. The lowest BCUT2D eigenvalue weighted by Gasteiger charge is -2.10. The van der Waals surface area contributed by atoms with Gasteiger partial charge in [0.05, 0.1) is 6.10 Å². The third-order valence-electron chi connectivity index (χ3n) is 8.64. The summed E-state index contributed by atoms with van der Waals surface area (Å²) in [4.78, 5) is 0. The van der Waals surface area contributed by atoms with Crippen molar-refractivity contribution in [2.24, 2.45) is 11.8 Å². The molecule has 1 heteroatoms. The summed E-state index contributed by atoms with van der Waals surface area (Å²) in [5.74, 6) is 1.77. The summed E-state index contributed by atoms with van der Waals surface area (Å²) < 4.78 is 0. The summed E-state index contributed by atoms with van der Waals surface area (Å²) in [5, 5.41) is 10.3. The predicted molar refractivity (Wildman–Crippen MR) is 174 cm³/mol. The molecule has 0 aromatic carbocycles. The van der Waals surface area contributed by atoms with Crippen LogP contribution in [0, 0.1) is 11.8 Å². The highest BCUT2D eigenvalue weighted by molar-refractivity contribution is 4.58. The number of aliphatic hydroxyl groups excluding tert-OH is 1. The Labute approximate surface area is 243 Å². The second-order valence-electron chi connectivity index (χ2n) is 13.8. The summed E-state index contributed by atoms with van der Waals surface area (Å²) in [5.41, 5.74) is 0. The van der Waals surface area contributed by atoms with Crippen molar-refractivity contribution in [1.82, 2.24) is 0 Å². The summed E-state index contributed by atoms with van der Waals surface area (Å²) >= 11 is 0. The Hall–Kier alpha value is -0.0400. The minimum Gasteiger partial charge on any atom is -0.393 e. The van der Waals surface area contributed by atoms with Crippen LogP contribution in [0.2, 0.25) is 0 Å². The van der Waals surface area contributed by atoms with E-state index in [4.69, 9.17) is 0 Å². The van der Waals surface area contributed by atoms with Crippen LogP contribution in [0.5, 0.6) is 0 Å². The van der Waals surface area contributed by atoms with Crippen LogP contribution < -0.4 is 0 Å². The molecule has 0 spiro atoms.